The lowest BCUT2D eigenvalue weighted by Crippen LogP contribution is -2.59. The molecule has 0 saturated heterocycles. The summed E-state index contributed by atoms with van der Waals surface area (Å²) in [5.74, 6) is -0.203. The second-order valence-electron chi connectivity index (χ2n) is 14.4. The van der Waals surface area contributed by atoms with Crippen LogP contribution in [0, 0.1) is 5.92 Å². The quantitative estimate of drug-likeness (QED) is 0.221. The van der Waals surface area contributed by atoms with E-state index in [9.17, 15) is 13.2 Å². The van der Waals surface area contributed by atoms with Crippen molar-refractivity contribution in [1.82, 2.24) is 4.31 Å². The van der Waals surface area contributed by atoms with Crippen LogP contribution in [0.3, 0.4) is 0 Å². The van der Waals surface area contributed by atoms with E-state index < -0.39 is 44.8 Å². The molecule has 0 heterocycles. The van der Waals surface area contributed by atoms with Gasteiger partial charge in [-0.15, -0.1) is 0 Å². The Balaban J connectivity index is 2.86. The largest absolute Gasteiger partial charge is 0.518 e. The molecule has 2 aromatic rings. The number of nitrogens with zero attached hydrogens (tertiary/aromatic N) is 1. The molecule has 2 atom stereocenters. The van der Waals surface area contributed by atoms with E-state index in [1.54, 1.807) is 12.1 Å². The maximum atomic E-state index is 14.6. The molecule has 7 nitrogen and oxygen atoms in total. The number of rotatable bonds is 12. The van der Waals surface area contributed by atoms with E-state index in [1.165, 1.54) is 23.5 Å². The predicted octanol–water partition coefficient (Wildman–Crippen LogP) is 7.85. The van der Waals surface area contributed by atoms with Crippen LogP contribution in [0.1, 0.15) is 61.0 Å². The van der Waals surface area contributed by atoms with E-state index in [2.05, 4.69) is 54.6 Å². The Hall–Kier alpha value is -1.99. The lowest BCUT2D eigenvalue weighted by molar-refractivity contribution is -0.144. The summed E-state index contributed by atoms with van der Waals surface area (Å²) < 4.78 is 49.1. The molecule has 0 aliphatic rings. The number of methoxy groups -OCH3 is 1. The molecule has 0 aliphatic heterocycles. The maximum absolute atomic E-state index is 14.6. The van der Waals surface area contributed by atoms with Crippen molar-refractivity contribution >= 4 is 32.6 Å². The third-order valence-corrected chi connectivity index (χ3v) is 19.4. The summed E-state index contributed by atoms with van der Waals surface area (Å²) in [6, 6.07) is 14.4. The zero-order chi connectivity index (χ0) is 32.3. The second kappa shape index (κ2) is 13.3. The highest BCUT2D eigenvalue weighted by Gasteiger charge is 2.50. The topological polar surface area (TPSA) is 82.1 Å². The first kappa shape index (κ1) is 36.2. The molecule has 0 amide bonds. The molecule has 0 bridgehead atoms. The van der Waals surface area contributed by atoms with Crippen LogP contribution in [0.15, 0.2) is 59.5 Å². The summed E-state index contributed by atoms with van der Waals surface area (Å²) in [7, 11) is -7.75. The first-order chi connectivity index (χ1) is 19.0. The van der Waals surface area contributed by atoms with Gasteiger partial charge in [0.2, 0.25) is 10.0 Å². The van der Waals surface area contributed by atoms with Gasteiger partial charge in [0.1, 0.15) is 11.8 Å². The van der Waals surface area contributed by atoms with Crippen molar-refractivity contribution in [3.05, 3.63) is 60.2 Å². The highest BCUT2D eigenvalue weighted by atomic mass is 32.2. The summed E-state index contributed by atoms with van der Waals surface area (Å²) in [6.07, 6.45) is -0.736. The zero-order valence-electron chi connectivity index (χ0n) is 27.9. The lowest BCUT2D eigenvalue weighted by atomic mass is 9.99. The van der Waals surface area contributed by atoms with Crippen LogP contribution >= 0.6 is 0 Å². The van der Waals surface area contributed by atoms with Gasteiger partial charge in [-0.05, 0) is 72.0 Å². The molecule has 1 unspecified atom stereocenters. The van der Waals surface area contributed by atoms with Gasteiger partial charge in [0.05, 0.1) is 18.1 Å². The number of benzene rings is 2. The first-order valence-electron chi connectivity index (χ1n) is 14.7. The van der Waals surface area contributed by atoms with Gasteiger partial charge in [0.25, 0.3) is 8.32 Å². The summed E-state index contributed by atoms with van der Waals surface area (Å²) in [5.41, 5.74) is 0.759. The number of sulfonamides is 1. The molecular weight excluding hydrogens is 583 g/mol. The Morgan fingerprint density at radius 1 is 0.833 bits per heavy atom. The zero-order valence-corrected chi connectivity index (χ0v) is 30.8. The highest BCUT2D eigenvalue weighted by Crippen LogP contribution is 2.41. The minimum absolute atomic E-state index is 0.0173. The average Bonchev–Trinajstić information content (AvgIpc) is 2.86. The van der Waals surface area contributed by atoms with Gasteiger partial charge in [0.15, 0.2) is 8.32 Å². The summed E-state index contributed by atoms with van der Waals surface area (Å²) >= 11 is 0. The minimum atomic E-state index is -4.20. The maximum Gasteiger partial charge on any atom is 0.313 e. The van der Waals surface area contributed by atoms with Crippen molar-refractivity contribution in [2.24, 2.45) is 5.92 Å². The number of hydrogen-bond donors (Lipinski definition) is 0. The first-order valence-corrected chi connectivity index (χ1v) is 21.9. The van der Waals surface area contributed by atoms with Crippen molar-refractivity contribution in [2.75, 3.05) is 7.11 Å². The van der Waals surface area contributed by atoms with Gasteiger partial charge in [0, 0.05) is 6.54 Å². The fourth-order valence-electron chi connectivity index (χ4n) is 3.94. The molecule has 2 rings (SSSR count). The summed E-state index contributed by atoms with van der Waals surface area (Å²) in [5, 5.41) is -0.424. The Labute approximate surface area is 257 Å². The molecule has 10 heteroatoms. The Kier molecular flexibility index (Phi) is 11.5. The fraction of sp³-hybridized carbons (Fsp3) is 0.594. The van der Waals surface area contributed by atoms with Gasteiger partial charge < -0.3 is 13.6 Å². The minimum Gasteiger partial charge on any atom is -0.518 e. The monoisotopic (exact) mass is 635 g/mol. The SMILES string of the molecule is COc1ccc(S(=O)(=O)N(Cc2ccccc2)[C@@H](C(=O)O[Si](C)(C)C(C)(C)C)C(O[Si](C)(C)C(C)(C)C)C(C)C)cc1. The predicted molar refractivity (Wildman–Crippen MR) is 176 cm³/mol. The molecule has 0 spiro atoms. The number of carbonyl (C=O) groups excluding carboxylic acids is 1. The van der Waals surface area contributed by atoms with Crippen LogP contribution in [-0.4, -0.2) is 54.6 Å². The Morgan fingerprint density at radius 3 is 1.76 bits per heavy atom. The highest BCUT2D eigenvalue weighted by molar-refractivity contribution is 7.89. The summed E-state index contributed by atoms with van der Waals surface area (Å²) in [6.45, 7) is 24.8. The van der Waals surface area contributed by atoms with Crippen molar-refractivity contribution < 1.29 is 26.8 Å². The third kappa shape index (κ3) is 8.56. The number of carbonyl (C=O) groups is 1. The van der Waals surface area contributed by atoms with Crippen LogP contribution in [0.25, 0.3) is 0 Å². The molecule has 236 valence electrons. The molecule has 42 heavy (non-hydrogen) atoms. The van der Waals surface area contributed by atoms with Gasteiger partial charge >= 0.3 is 5.97 Å². The van der Waals surface area contributed by atoms with Gasteiger partial charge in [-0.3, -0.25) is 4.79 Å². The average molecular weight is 636 g/mol. The van der Waals surface area contributed by atoms with Crippen molar-refractivity contribution in [2.45, 2.75) is 115 Å². The Bertz CT molecular complexity index is 1280. The molecule has 2 aromatic carbocycles. The van der Waals surface area contributed by atoms with Crippen molar-refractivity contribution in [3.8, 4) is 5.75 Å². The van der Waals surface area contributed by atoms with E-state index in [0.717, 1.165) is 5.56 Å². The van der Waals surface area contributed by atoms with Crippen molar-refractivity contribution in [1.29, 1.82) is 0 Å². The Morgan fingerprint density at radius 2 is 1.33 bits per heavy atom. The molecule has 0 aliphatic carbocycles. The van der Waals surface area contributed by atoms with E-state index in [1.807, 2.05) is 57.3 Å². The van der Waals surface area contributed by atoms with Crippen LogP contribution < -0.4 is 4.74 Å². The summed E-state index contributed by atoms with van der Waals surface area (Å²) in [4.78, 5) is 14.6. The van der Waals surface area contributed by atoms with Crippen LogP contribution in [0.2, 0.25) is 36.3 Å². The smallest absolute Gasteiger partial charge is 0.313 e. The van der Waals surface area contributed by atoms with E-state index >= 15 is 0 Å². The normalized spacial score (nSPS) is 15.0. The number of hydrogen-bond acceptors (Lipinski definition) is 6. The fourth-order valence-corrected chi connectivity index (χ4v) is 7.88. The third-order valence-electron chi connectivity index (χ3n) is 8.77. The van der Waals surface area contributed by atoms with Crippen LogP contribution in [0.4, 0.5) is 0 Å². The lowest BCUT2D eigenvalue weighted by Gasteiger charge is -2.45. The molecule has 0 saturated carbocycles. The van der Waals surface area contributed by atoms with Crippen LogP contribution in [0.5, 0.6) is 5.75 Å². The van der Waals surface area contributed by atoms with Crippen molar-refractivity contribution in [3.63, 3.8) is 0 Å². The molecule has 0 N–H and O–H groups in total. The second-order valence-corrected chi connectivity index (χ2v) is 25.8. The standard InChI is InChI=1S/C32H53NO6SSi2/c1-24(2)29(38-41(10,11)31(3,4)5)28(30(34)39-42(12,13)32(6,7)8)33(23-25-17-15-14-16-18-25)40(35,36)27-21-19-26(37-9)20-22-27/h14-22,24,28-29H,23H2,1-13H3/t28-,29?/m1/s1. The molecule has 0 radical (unpaired) electrons. The van der Waals surface area contributed by atoms with Gasteiger partial charge in [-0.25, -0.2) is 8.42 Å². The van der Waals surface area contributed by atoms with Gasteiger partial charge in [-0.2, -0.15) is 4.31 Å². The van der Waals surface area contributed by atoms with E-state index in [0.29, 0.717) is 5.75 Å². The number of ether oxygens (including phenoxy) is 1. The molecular formula is C32H53NO6SSi2. The molecule has 0 aromatic heterocycles. The van der Waals surface area contributed by atoms with Gasteiger partial charge in [-0.1, -0.05) is 85.7 Å². The van der Waals surface area contributed by atoms with E-state index in [-0.39, 0.29) is 27.4 Å². The van der Waals surface area contributed by atoms with Crippen LogP contribution in [-0.2, 0) is 30.2 Å². The van der Waals surface area contributed by atoms with E-state index in [4.69, 9.17) is 13.6 Å². The molecule has 0 fully saturated rings.